The highest BCUT2D eigenvalue weighted by Crippen LogP contribution is 2.23. The fraction of sp³-hybridized carbons (Fsp3) is 0.400. The van der Waals surface area contributed by atoms with E-state index in [1.807, 2.05) is 24.3 Å². The molecular formula is C20H24N6O2. The van der Waals surface area contributed by atoms with Crippen LogP contribution in [0.2, 0.25) is 0 Å². The Morgan fingerprint density at radius 1 is 1.32 bits per heavy atom. The number of fused-ring (bicyclic) bond motifs is 1. The van der Waals surface area contributed by atoms with E-state index in [9.17, 15) is 4.79 Å². The van der Waals surface area contributed by atoms with Crippen molar-refractivity contribution in [2.75, 3.05) is 5.32 Å². The summed E-state index contributed by atoms with van der Waals surface area (Å²) in [5, 5.41) is 18.1. The molecule has 1 aliphatic heterocycles. The topological polar surface area (TPSA) is 97.7 Å². The van der Waals surface area contributed by atoms with E-state index in [0.717, 1.165) is 12.1 Å². The van der Waals surface area contributed by atoms with Crippen LogP contribution >= 0.6 is 0 Å². The Labute approximate surface area is 163 Å². The molecule has 28 heavy (non-hydrogen) atoms. The molecule has 0 radical (unpaired) electrons. The maximum absolute atomic E-state index is 12.6. The number of hydrogen-bond acceptors (Lipinski definition) is 5. The standard InChI is InChI=1S/C20H24N6O2/c1-20(2,3)16-10-17(23-22-16)21-19(27)18-15-12-28-14(11-26(15)25-24-18)9-13-7-5-4-6-8-13/h4-8,10,14H,9,11-12H2,1-3H3,(H2,21,22,23,27)/t14-/m0/s1. The molecule has 0 saturated heterocycles. The molecule has 1 atom stereocenters. The molecule has 8 heteroatoms. The van der Waals surface area contributed by atoms with Gasteiger partial charge < -0.3 is 10.1 Å². The first-order valence-corrected chi connectivity index (χ1v) is 9.35. The lowest BCUT2D eigenvalue weighted by atomic mass is 9.92. The molecule has 0 fully saturated rings. The van der Waals surface area contributed by atoms with Crippen molar-refractivity contribution in [3.05, 3.63) is 59.0 Å². The Bertz CT molecular complexity index is 970. The summed E-state index contributed by atoms with van der Waals surface area (Å²) in [7, 11) is 0. The summed E-state index contributed by atoms with van der Waals surface area (Å²) in [5.74, 6) is 0.133. The number of aromatic amines is 1. The van der Waals surface area contributed by atoms with Gasteiger partial charge in [0.2, 0.25) is 0 Å². The maximum atomic E-state index is 12.6. The molecule has 2 N–H and O–H groups in total. The molecule has 0 unspecified atom stereocenters. The van der Waals surface area contributed by atoms with Crippen LogP contribution in [0.4, 0.5) is 5.82 Å². The highest BCUT2D eigenvalue weighted by atomic mass is 16.5. The van der Waals surface area contributed by atoms with Crippen molar-refractivity contribution in [2.45, 2.75) is 51.9 Å². The molecule has 3 aromatic rings. The van der Waals surface area contributed by atoms with Gasteiger partial charge in [0.25, 0.3) is 5.91 Å². The second-order valence-electron chi connectivity index (χ2n) is 8.06. The van der Waals surface area contributed by atoms with Crippen LogP contribution in [0.5, 0.6) is 0 Å². The normalized spacial score (nSPS) is 16.6. The second-order valence-corrected chi connectivity index (χ2v) is 8.06. The summed E-state index contributed by atoms with van der Waals surface area (Å²) in [6.45, 7) is 7.10. The minimum atomic E-state index is -0.335. The lowest BCUT2D eigenvalue weighted by Gasteiger charge is -2.24. The van der Waals surface area contributed by atoms with Gasteiger partial charge in [0.05, 0.1) is 24.9 Å². The maximum Gasteiger partial charge on any atom is 0.279 e. The summed E-state index contributed by atoms with van der Waals surface area (Å²) >= 11 is 0. The van der Waals surface area contributed by atoms with Crippen molar-refractivity contribution in [1.29, 1.82) is 0 Å². The van der Waals surface area contributed by atoms with Crippen LogP contribution < -0.4 is 5.32 Å². The number of H-pyrrole nitrogens is 1. The second kappa shape index (κ2) is 7.20. The number of carbonyl (C=O) groups is 1. The van der Waals surface area contributed by atoms with E-state index in [1.54, 1.807) is 4.68 Å². The van der Waals surface area contributed by atoms with Gasteiger partial charge in [-0.2, -0.15) is 5.10 Å². The SMILES string of the molecule is CC(C)(C)c1cc(NC(=O)c2nnn3c2CO[C@@H](Cc2ccccc2)C3)n[nH]1. The Morgan fingerprint density at radius 3 is 2.82 bits per heavy atom. The Balaban J connectivity index is 1.44. The predicted molar refractivity (Wildman–Crippen MR) is 104 cm³/mol. The summed E-state index contributed by atoms with van der Waals surface area (Å²) in [5.41, 5.74) is 3.04. The predicted octanol–water partition coefficient (Wildman–Crippen LogP) is 2.69. The summed E-state index contributed by atoms with van der Waals surface area (Å²) in [6, 6.07) is 12.0. The summed E-state index contributed by atoms with van der Waals surface area (Å²) in [4.78, 5) is 12.6. The zero-order valence-corrected chi connectivity index (χ0v) is 16.3. The van der Waals surface area contributed by atoms with Gasteiger partial charge in [-0.3, -0.25) is 9.89 Å². The first kappa shape index (κ1) is 18.4. The molecule has 0 spiro atoms. The zero-order valence-electron chi connectivity index (χ0n) is 16.3. The average molecular weight is 380 g/mol. The molecule has 1 aromatic carbocycles. The zero-order chi connectivity index (χ0) is 19.7. The van der Waals surface area contributed by atoms with Crippen LogP contribution in [-0.2, 0) is 29.7 Å². The van der Waals surface area contributed by atoms with E-state index in [1.165, 1.54) is 5.56 Å². The van der Waals surface area contributed by atoms with Crippen molar-refractivity contribution in [1.82, 2.24) is 25.2 Å². The van der Waals surface area contributed by atoms with E-state index in [-0.39, 0.29) is 23.1 Å². The summed E-state index contributed by atoms with van der Waals surface area (Å²) in [6.07, 6.45) is 0.804. The van der Waals surface area contributed by atoms with E-state index < -0.39 is 0 Å². The number of amides is 1. The van der Waals surface area contributed by atoms with Gasteiger partial charge in [-0.05, 0) is 5.56 Å². The van der Waals surface area contributed by atoms with E-state index in [2.05, 4.69) is 58.7 Å². The third-order valence-electron chi connectivity index (χ3n) is 4.82. The molecule has 1 aliphatic rings. The molecule has 4 rings (SSSR count). The monoisotopic (exact) mass is 380 g/mol. The van der Waals surface area contributed by atoms with Crippen LogP contribution in [0.1, 0.15) is 48.2 Å². The Kier molecular flexibility index (Phi) is 4.72. The number of anilines is 1. The first-order valence-electron chi connectivity index (χ1n) is 9.35. The molecule has 146 valence electrons. The van der Waals surface area contributed by atoms with E-state index in [0.29, 0.717) is 24.7 Å². The Morgan fingerprint density at radius 2 is 2.11 bits per heavy atom. The third-order valence-corrected chi connectivity index (χ3v) is 4.82. The van der Waals surface area contributed by atoms with Crippen LogP contribution in [0.25, 0.3) is 0 Å². The number of hydrogen-bond donors (Lipinski definition) is 2. The highest BCUT2D eigenvalue weighted by Gasteiger charge is 2.27. The fourth-order valence-electron chi connectivity index (χ4n) is 3.19. The van der Waals surface area contributed by atoms with Crippen LogP contribution in [0, 0.1) is 0 Å². The lowest BCUT2D eigenvalue weighted by molar-refractivity contribution is 0.000458. The van der Waals surface area contributed by atoms with Gasteiger partial charge >= 0.3 is 0 Å². The molecule has 0 saturated carbocycles. The van der Waals surface area contributed by atoms with Crippen molar-refractivity contribution < 1.29 is 9.53 Å². The van der Waals surface area contributed by atoms with Crippen molar-refractivity contribution in [3.63, 3.8) is 0 Å². The fourth-order valence-corrected chi connectivity index (χ4v) is 3.19. The van der Waals surface area contributed by atoms with Gasteiger partial charge in [-0.15, -0.1) is 5.10 Å². The molecule has 0 aliphatic carbocycles. The average Bonchev–Trinajstić information content (AvgIpc) is 3.29. The number of nitrogens with zero attached hydrogens (tertiary/aromatic N) is 4. The molecule has 1 amide bonds. The van der Waals surface area contributed by atoms with Crippen molar-refractivity contribution in [3.8, 4) is 0 Å². The minimum Gasteiger partial charge on any atom is -0.370 e. The number of benzene rings is 1. The minimum absolute atomic E-state index is 0.00759. The van der Waals surface area contributed by atoms with E-state index >= 15 is 0 Å². The Hall–Kier alpha value is -3.00. The lowest BCUT2D eigenvalue weighted by Crippen LogP contribution is -2.30. The summed E-state index contributed by atoms with van der Waals surface area (Å²) < 4.78 is 7.71. The van der Waals surface area contributed by atoms with Gasteiger partial charge in [-0.25, -0.2) is 4.68 Å². The van der Waals surface area contributed by atoms with Gasteiger partial charge in [0.15, 0.2) is 11.5 Å². The van der Waals surface area contributed by atoms with E-state index in [4.69, 9.17) is 4.74 Å². The smallest absolute Gasteiger partial charge is 0.279 e. The first-order chi connectivity index (χ1) is 13.4. The number of rotatable bonds is 4. The molecule has 8 nitrogen and oxygen atoms in total. The van der Waals surface area contributed by atoms with Gasteiger partial charge in [0.1, 0.15) is 0 Å². The molecule has 3 heterocycles. The van der Waals surface area contributed by atoms with Crippen LogP contribution in [0.3, 0.4) is 0 Å². The van der Waals surface area contributed by atoms with Crippen LogP contribution in [0.15, 0.2) is 36.4 Å². The number of nitrogens with one attached hydrogen (secondary N) is 2. The highest BCUT2D eigenvalue weighted by molar-refractivity contribution is 6.03. The largest absolute Gasteiger partial charge is 0.370 e. The number of carbonyl (C=O) groups excluding carboxylic acids is 1. The van der Waals surface area contributed by atoms with Crippen LogP contribution in [-0.4, -0.2) is 37.2 Å². The number of aromatic nitrogens is 5. The van der Waals surface area contributed by atoms with Crippen molar-refractivity contribution >= 4 is 11.7 Å². The van der Waals surface area contributed by atoms with Gasteiger partial charge in [-0.1, -0.05) is 56.3 Å². The van der Waals surface area contributed by atoms with Crippen molar-refractivity contribution in [2.24, 2.45) is 0 Å². The molecule has 2 aromatic heterocycles. The molecular weight excluding hydrogens is 356 g/mol. The molecule has 0 bridgehead atoms. The third kappa shape index (κ3) is 3.82. The quantitative estimate of drug-likeness (QED) is 0.725. The van der Waals surface area contributed by atoms with Gasteiger partial charge in [0, 0.05) is 23.6 Å². The number of ether oxygens (including phenoxy) is 1.